The normalized spacial score (nSPS) is 26.1. The average molecular weight is 1130 g/mol. The minimum absolute atomic E-state index is 0.00431. The van der Waals surface area contributed by atoms with E-state index in [2.05, 4.69) is 21.3 Å². The van der Waals surface area contributed by atoms with Crippen LogP contribution in [0.4, 0.5) is 4.79 Å². The Kier molecular flexibility index (Phi) is 29.6. The van der Waals surface area contributed by atoms with Gasteiger partial charge in [0.2, 0.25) is 53.2 Å². The quantitative estimate of drug-likeness (QED) is 0.173. The van der Waals surface area contributed by atoms with Crippen molar-refractivity contribution in [3.8, 4) is 0 Å². The zero-order valence-electron chi connectivity index (χ0n) is 52.1. The number of hydrogen-bond donors (Lipinski definition) is 4. The number of carbonyl (C=O) groups is 12. The van der Waals surface area contributed by atoms with Crippen LogP contribution in [0.2, 0.25) is 0 Å². The highest BCUT2D eigenvalue weighted by Gasteiger charge is 2.43. The van der Waals surface area contributed by atoms with Crippen molar-refractivity contribution in [2.75, 3.05) is 55.9 Å². The van der Waals surface area contributed by atoms with E-state index in [-0.39, 0.29) is 75.0 Å². The molecular formula is C57H101N11O12. The van der Waals surface area contributed by atoms with E-state index in [1.54, 1.807) is 34.6 Å². The fourth-order valence-corrected chi connectivity index (χ4v) is 9.90. The van der Waals surface area contributed by atoms with Crippen LogP contribution in [0.1, 0.15) is 148 Å². The maximum Gasteiger partial charge on any atom is 0.322 e. The fourth-order valence-electron chi connectivity index (χ4n) is 9.90. The first kappa shape index (κ1) is 71.9. The van der Waals surface area contributed by atoms with Gasteiger partial charge in [0.15, 0.2) is 0 Å². The Morgan fingerprint density at radius 1 is 0.450 bits per heavy atom. The lowest BCUT2D eigenvalue weighted by Crippen LogP contribution is -2.61. The van der Waals surface area contributed by atoms with E-state index in [1.165, 1.54) is 80.8 Å². The number of hydrogen-bond acceptors (Lipinski definition) is 12. The molecule has 0 saturated carbocycles. The minimum atomic E-state index is -1.30. The lowest BCUT2D eigenvalue weighted by atomic mass is 9.95. The molecule has 80 heavy (non-hydrogen) atoms. The molecule has 0 aromatic heterocycles. The highest BCUT2D eigenvalue weighted by atomic mass is 16.2. The van der Waals surface area contributed by atoms with Gasteiger partial charge in [0.1, 0.15) is 60.7 Å². The van der Waals surface area contributed by atoms with Gasteiger partial charge in [0.05, 0.1) is 6.54 Å². The van der Waals surface area contributed by atoms with Gasteiger partial charge >= 0.3 is 6.03 Å². The fraction of sp³-hybridized carbons (Fsp3) is 0.789. The van der Waals surface area contributed by atoms with Crippen molar-refractivity contribution in [2.45, 2.75) is 203 Å². The number of rotatable bonds is 15. The van der Waals surface area contributed by atoms with Crippen molar-refractivity contribution in [2.24, 2.45) is 35.5 Å². The van der Waals surface area contributed by atoms with E-state index in [0.717, 1.165) is 9.80 Å². The van der Waals surface area contributed by atoms with Crippen LogP contribution < -0.4 is 21.3 Å². The molecule has 1 aliphatic heterocycles. The van der Waals surface area contributed by atoms with E-state index in [1.807, 2.05) is 55.4 Å². The third kappa shape index (κ3) is 20.4. The molecule has 1 fully saturated rings. The number of imide groups is 1. The second-order valence-corrected chi connectivity index (χ2v) is 24.1. The highest BCUT2D eigenvalue weighted by molar-refractivity contribution is 6.02. The van der Waals surface area contributed by atoms with Crippen molar-refractivity contribution in [3.63, 3.8) is 0 Å². The van der Waals surface area contributed by atoms with Crippen molar-refractivity contribution in [1.29, 1.82) is 0 Å². The van der Waals surface area contributed by atoms with Gasteiger partial charge < -0.3 is 55.0 Å². The molecule has 2 unspecified atom stereocenters. The Bertz CT molecular complexity index is 2170. The van der Waals surface area contributed by atoms with Gasteiger partial charge in [-0.25, -0.2) is 4.79 Å². The number of aldehydes is 1. The van der Waals surface area contributed by atoms with Gasteiger partial charge in [-0.3, -0.25) is 53.3 Å². The molecule has 456 valence electrons. The molecule has 23 heteroatoms. The van der Waals surface area contributed by atoms with Gasteiger partial charge in [-0.15, -0.1) is 0 Å². The van der Waals surface area contributed by atoms with Crippen LogP contribution in [0.5, 0.6) is 0 Å². The number of amides is 12. The predicted octanol–water partition coefficient (Wildman–Crippen LogP) is 2.88. The number of urea groups is 1. The Labute approximate surface area is 477 Å². The number of carbonyl (C=O) groups excluding carboxylic acids is 12. The molecule has 0 aromatic carbocycles. The highest BCUT2D eigenvalue weighted by Crippen LogP contribution is 2.24. The van der Waals surface area contributed by atoms with Crippen LogP contribution in [0, 0.1) is 35.5 Å². The first-order valence-corrected chi connectivity index (χ1v) is 28.5. The molecule has 0 aliphatic carbocycles. The lowest BCUT2D eigenvalue weighted by molar-refractivity contribution is -0.155. The number of nitrogens with one attached hydrogen (secondary N) is 4. The van der Waals surface area contributed by atoms with Crippen molar-refractivity contribution in [1.82, 2.24) is 55.6 Å². The molecule has 0 bridgehead atoms. The van der Waals surface area contributed by atoms with Crippen LogP contribution in [0.15, 0.2) is 0 Å². The summed E-state index contributed by atoms with van der Waals surface area (Å²) in [7, 11) is 9.88. The summed E-state index contributed by atoms with van der Waals surface area (Å²) in [5.41, 5.74) is 0. The lowest BCUT2D eigenvalue weighted by Gasteiger charge is -2.40. The first-order chi connectivity index (χ1) is 37.0. The molecule has 0 radical (unpaired) electrons. The van der Waals surface area contributed by atoms with Crippen LogP contribution in [0.25, 0.3) is 0 Å². The summed E-state index contributed by atoms with van der Waals surface area (Å²) in [4.78, 5) is 178. The van der Waals surface area contributed by atoms with Crippen molar-refractivity contribution < 1.29 is 57.5 Å². The maximum atomic E-state index is 14.8. The Morgan fingerprint density at radius 2 is 0.838 bits per heavy atom. The molecular weight excluding hydrogens is 1030 g/mol. The van der Waals surface area contributed by atoms with Gasteiger partial charge in [0, 0.05) is 55.8 Å². The van der Waals surface area contributed by atoms with Crippen LogP contribution in [-0.4, -0.2) is 216 Å². The summed E-state index contributed by atoms with van der Waals surface area (Å²) in [6, 6.07) is -11.8. The number of nitrogens with zero attached hydrogens (tertiary/aromatic N) is 7. The second-order valence-electron chi connectivity index (χ2n) is 24.1. The SMILES string of the molecule is CC[C@@H]1NC(=O)C(C[C@H](C)CC=O)N(C)C(=O)[C@H](CC)N(C)C(=O)[C@H](CC(C)C)N(C)C(=O)[C@@H](CC(C)C)N(C)C(=O)C(C)NC(=O)NC(=O)[C@@H](CC(C)C)N(C)C(=O)[C@@H](C(C)C)NC(=O)[C@H](CC(C)C)N(C)C(=O)CN(C)C1=O. The smallest absolute Gasteiger partial charge is 0.322 e. The van der Waals surface area contributed by atoms with E-state index < -0.39 is 138 Å². The van der Waals surface area contributed by atoms with Crippen LogP contribution >= 0.6 is 0 Å². The Morgan fingerprint density at radius 3 is 1.27 bits per heavy atom. The molecule has 0 spiro atoms. The first-order valence-electron chi connectivity index (χ1n) is 28.5. The van der Waals surface area contributed by atoms with Crippen molar-refractivity contribution in [3.05, 3.63) is 0 Å². The average Bonchev–Trinajstić information content (AvgIpc) is 3.37. The second kappa shape index (κ2) is 32.9. The van der Waals surface area contributed by atoms with Crippen LogP contribution in [-0.2, 0) is 52.7 Å². The van der Waals surface area contributed by atoms with Crippen molar-refractivity contribution >= 4 is 71.4 Å². The summed E-state index contributed by atoms with van der Waals surface area (Å²) < 4.78 is 0. The van der Waals surface area contributed by atoms with Gasteiger partial charge in [-0.2, -0.15) is 0 Å². The molecule has 23 nitrogen and oxygen atoms in total. The summed E-state index contributed by atoms with van der Waals surface area (Å²) in [5, 5.41) is 10.4. The van der Waals surface area contributed by atoms with Gasteiger partial charge in [0.25, 0.3) is 5.91 Å². The van der Waals surface area contributed by atoms with Gasteiger partial charge in [-0.1, -0.05) is 90.0 Å². The minimum Gasteiger partial charge on any atom is -0.343 e. The Hall–Kier alpha value is -6.16. The third-order valence-corrected chi connectivity index (χ3v) is 14.9. The Balaban J connectivity index is 4.20. The molecule has 1 rings (SSSR count). The van der Waals surface area contributed by atoms with Gasteiger partial charge in [-0.05, 0) is 87.4 Å². The topological polar surface area (TPSA) is 276 Å². The molecule has 0 aromatic rings. The molecule has 12 amide bonds. The third-order valence-electron chi connectivity index (χ3n) is 14.9. The summed E-state index contributed by atoms with van der Waals surface area (Å²) in [5.74, 6) is -8.24. The zero-order chi connectivity index (χ0) is 62.0. The summed E-state index contributed by atoms with van der Waals surface area (Å²) >= 11 is 0. The summed E-state index contributed by atoms with van der Waals surface area (Å²) in [6.45, 7) is 24.2. The monoisotopic (exact) mass is 1130 g/mol. The largest absolute Gasteiger partial charge is 0.343 e. The van der Waals surface area contributed by atoms with E-state index in [0.29, 0.717) is 6.29 Å². The molecule has 4 N–H and O–H groups in total. The standard InChI is InChI=1S/C57H101N11O12/c1-22-39-52(75)62(15)31-46(70)63(16)41(26-32(3)4)49(72)60-47(36(11)12)56(79)66(19)42(27-33(5)6)50(73)61-57(80)58-38(14)51(74)67(20)44(28-34(7)8)55(78)68(21)45(29-35(9)10)54(77)64(17)40(23-2)53(76)65(18)43(48(71)59-39)30-37(13)24-25-69/h25,32-45,47H,22-24,26-31H2,1-21H3,(H,59,71)(H,60,72)(H2,58,61,73,80)/t37-,38?,39+,40+,41+,42-,43?,44-,45+,47-/m1/s1. The maximum absolute atomic E-state index is 14.8. The molecule has 1 heterocycles. The summed E-state index contributed by atoms with van der Waals surface area (Å²) in [6.07, 6.45) is 1.46. The number of likely N-dealkylation sites (N-methyl/N-ethyl adjacent to an activating group) is 7. The molecule has 1 aliphatic rings. The zero-order valence-corrected chi connectivity index (χ0v) is 52.1. The van der Waals surface area contributed by atoms with E-state index in [9.17, 15) is 57.5 Å². The predicted molar refractivity (Wildman–Crippen MR) is 305 cm³/mol. The molecule has 10 atom stereocenters. The van der Waals surface area contributed by atoms with E-state index >= 15 is 0 Å². The van der Waals surface area contributed by atoms with E-state index in [4.69, 9.17) is 0 Å². The van der Waals surface area contributed by atoms with Crippen LogP contribution in [0.3, 0.4) is 0 Å². The molecule has 1 saturated heterocycles.